The van der Waals surface area contributed by atoms with Crippen molar-refractivity contribution in [1.82, 2.24) is 0 Å². The van der Waals surface area contributed by atoms with Crippen LogP contribution in [0.15, 0.2) is 42.2 Å². The van der Waals surface area contributed by atoms with Crippen molar-refractivity contribution in [2.24, 2.45) is 0 Å². The summed E-state index contributed by atoms with van der Waals surface area (Å²) < 4.78 is 6.15. The lowest BCUT2D eigenvalue weighted by molar-refractivity contribution is -0.384. The smallest absolute Gasteiger partial charge is 0.269 e. The van der Waals surface area contributed by atoms with Crippen molar-refractivity contribution in [3.8, 4) is 0 Å². The standard InChI is InChI=1S/C17H25NO3Si/c1-14(21-22(5,6)17(2,3)4)8-7-9-15-10-12-16(13-11-15)18(19)20/h7-13H,1-6H3/b9-7+,14-8+. The molecule has 0 spiro atoms. The lowest BCUT2D eigenvalue weighted by Crippen LogP contribution is -2.40. The maximum Gasteiger partial charge on any atom is 0.269 e. The highest BCUT2D eigenvalue weighted by atomic mass is 28.4. The fourth-order valence-corrected chi connectivity index (χ4v) is 2.77. The van der Waals surface area contributed by atoms with E-state index in [1.54, 1.807) is 12.1 Å². The van der Waals surface area contributed by atoms with Crippen molar-refractivity contribution in [3.05, 3.63) is 57.9 Å². The summed E-state index contributed by atoms with van der Waals surface area (Å²) in [5.74, 6) is 0.893. The zero-order chi connectivity index (χ0) is 17.0. The summed E-state index contributed by atoms with van der Waals surface area (Å²) in [5.41, 5.74) is 1.02. The fraction of sp³-hybridized carbons (Fsp3) is 0.412. The first-order chi connectivity index (χ1) is 10.0. The van der Waals surface area contributed by atoms with Gasteiger partial charge < -0.3 is 4.43 Å². The average Bonchev–Trinajstić information content (AvgIpc) is 2.37. The Morgan fingerprint density at radius 2 is 1.77 bits per heavy atom. The van der Waals surface area contributed by atoms with Gasteiger partial charge in [0.15, 0.2) is 0 Å². The molecular weight excluding hydrogens is 294 g/mol. The minimum atomic E-state index is -1.79. The van der Waals surface area contributed by atoms with Crippen LogP contribution in [0.1, 0.15) is 33.3 Å². The molecule has 120 valence electrons. The van der Waals surface area contributed by atoms with E-state index in [9.17, 15) is 10.1 Å². The summed E-state index contributed by atoms with van der Waals surface area (Å²) in [7, 11) is -1.79. The van der Waals surface area contributed by atoms with E-state index >= 15 is 0 Å². The highest BCUT2D eigenvalue weighted by Crippen LogP contribution is 2.37. The Bertz CT molecular complexity index is 581. The van der Waals surface area contributed by atoms with Gasteiger partial charge in [0.1, 0.15) is 0 Å². The first-order valence-electron chi connectivity index (χ1n) is 7.31. The van der Waals surface area contributed by atoms with Crippen LogP contribution in [-0.2, 0) is 4.43 Å². The van der Waals surface area contributed by atoms with Crippen LogP contribution in [-0.4, -0.2) is 13.2 Å². The third kappa shape index (κ3) is 5.15. The number of allylic oxidation sites excluding steroid dienone is 3. The van der Waals surface area contributed by atoms with Crippen molar-refractivity contribution in [2.75, 3.05) is 0 Å². The van der Waals surface area contributed by atoms with Crippen LogP contribution in [0.4, 0.5) is 5.69 Å². The first-order valence-corrected chi connectivity index (χ1v) is 10.2. The number of hydrogen-bond acceptors (Lipinski definition) is 3. The molecule has 0 unspecified atom stereocenters. The first kappa shape index (κ1) is 18.2. The van der Waals surface area contributed by atoms with Crippen LogP contribution >= 0.6 is 0 Å². The number of nitro benzene ring substituents is 1. The molecule has 0 fully saturated rings. The molecule has 0 heterocycles. The minimum Gasteiger partial charge on any atom is -0.547 e. The highest BCUT2D eigenvalue weighted by Gasteiger charge is 2.38. The summed E-state index contributed by atoms with van der Waals surface area (Å²) in [4.78, 5) is 10.2. The van der Waals surface area contributed by atoms with Crippen molar-refractivity contribution >= 4 is 20.1 Å². The summed E-state index contributed by atoms with van der Waals surface area (Å²) in [6, 6.07) is 6.46. The topological polar surface area (TPSA) is 52.4 Å². The van der Waals surface area contributed by atoms with Gasteiger partial charge in [-0.15, -0.1) is 0 Å². The van der Waals surface area contributed by atoms with Gasteiger partial charge in [0, 0.05) is 12.1 Å². The van der Waals surface area contributed by atoms with Gasteiger partial charge in [-0.2, -0.15) is 0 Å². The van der Waals surface area contributed by atoms with Gasteiger partial charge in [0.2, 0.25) is 8.32 Å². The number of rotatable bonds is 5. The summed E-state index contributed by atoms with van der Waals surface area (Å²) in [5, 5.41) is 10.8. The zero-order valence-corrected chi connectivity index (χ0v) is 15.2. The number of nitrogens with zero attached hydrogens (tertiary/aromatic N) is 1. The molecule has 22 heavy (non-hydrogen) atoms. The van der Waals surface area contributed by atoms with Crippen LogP contribution < -0.4 is 0 Å². The molecule has 0 aromatic heterocycles. The van der Waals surface area contributed by atoms with Crippen LogP contribution in [0, 0.1) is 10.1 Å². The molecule has 0 aliphatic heterocycles. The van der Waals surface area contributed by atoms with Crippen LogP contribution in [0.2, 0.25) is 18.1 Å². The molecule has 1 rings (SSSR count). The third-order valence-electron chi connectivity index (χ3n) is 3.95. The molecule has 1 aromatic rings. The molecule has 1 aromatic carbocycles. The van der Waals surface area contributed by atoms with E-state index in [1.807, 2.05) is 25.2 Å². The maximum absolute atomic E-state index is 10.6. The molecule has 0 saturated carbocycles. The summed E-state index contributed by atoms with van der Waals surface area (Å²) >= 11 is 0. The van der Waals surface area contributed by atoms with Gasteiger partial charge in [0.05, 0.1) is 10.7 Å². The number of hydrogen-bond donors (Lipinski definition) is 0. The molecule has 0 radical (unpaired) electrons. The Labute approximate surface area is 133 Å². The monoisotopic (exact) mass is 319 g/mol. The van der Waals surface area contributed by atoms with E-state index in [2.05, 4.69) is 33.9 Å². The Morgan fingerprint density at radius 1 is 1.23 bits per heavy atom. The lowest BCUT2D eigenvalue weighted by Gasteiger charge is -2.36. The van der Waals surface area contributed by atoms with Gasteiger partial charge in [0.25, 0.3) is 5.69 Å². The fourth-order valence-electron chi connectivity index (χ4n) is 1.59. The molecule has 0 amide bonds. The molecule has 0 aliphatic rings. The second-order valence-electron chi connectivity index (χ2n) is 6.85. The van der Waals surface area contributed by atoms with Crippen molar-refractivity contribution in [1.29, 1.82) is 0 Å². The molecule has 5 heteroatoms. The molecule has 0 N–H and O–H groups in total. The Kier molecular flexibility index (Phi) is 5.71. The van der Waals surface area contributed by atoms with Gasteiger partial charge >= 0.3 is 0 Å². The zero-order valence-electron chi connectivity index (χ0n) is 14.2. The quantitative estimate of drug-likeness (QED) is 0.235. The average molecular weight is 319 g/mol. The molecule has 0 saturated heterocycles. The number of non-ortho nitro benzene ring substituents is 1. The normalized spacial score (nSPS) is 13.5. The third-order valence-corrected chi connectivity index (χ3v) is 8.39. The summed E-state index contributed by atoms with van der Waals surface area (Å²) in [6.07, 6.45) is 5.74. The van der Waals surface area contributed by atoms with Gasteiger partial charge in [-0.25, -0.2) is 0 Å². The summed E-state index contributed by atoms with van der Waals surface area (Å²) in [6.45, 7) is 13.0. The SMILES string of the molecule is C/C(=C\C=C\c1ccc([N+](=O)[O-])cc1)O[Si](C)(C)C(C)(C)C. The Balaban J connectivity index is 2.72. The minimum absolute atomic E-state index is 0.102. The second kappa shape index (κ2) is 6.92. The van der Waals surface area contributed by atoms with Crippen molar-refractivity contribution in [2.45, 2.75) is 45.8 Å². The van der Waals surface area contributed by atoms with Crippen LogP contribution in [0.5, 0.6) is 0 Å². The van der Waals surface area contributed by atoms with Gasteiger partial charge in [-0.3, -0.25) is 10.1 Å². The van der Waals surface area contributed by atoms with E-state index in [4.69, 9.17) is 4.43 Å². The van der Waals surface area contributed by atoms with Crippen LogP contribution in [0.25, 0.3) is 6.08 Å². The van der Waals surface area contributed by atoms with E-state index in [1.165, 1.54) is 12.1 Å². The number of benzene rings is 1. The molecule has 0 aliphatic carbocycles. The second-order valence-corrected chi connectivity index (χ2v) is 11.6. The maximum atomic E-state index is 10.6. The van der Waals surface area contributed by atoms with Crippen molar-refractivity contribution < 1.29 is 9.35 Å². The molecule has 0 atom stereocenters. The van der Waals surface area contributed by atoms with Gasteiger partial charge in [-0.05, 0) is 48.8 Å². The largest absolute Gasteiger partial charge is 0.547 e. The van der Waals surface area contributed by atoms with E-state index in [0.717, 1.165) is 11.3 Å². The van der Waals surface area contributed by atoms with E-state index in [-0.39, 0.29) is 10.7 Å². The Morgan fingerprint density at radius 3 is 2.23 bits per heavy atom. The van der Waals surface area contributed by atoms with E-state index in [0.29, 0.717) is 0 Å². The molecule has 4 nitrogen and oxygen atoms in total. The Hall–Kier alpha value is -1.88. The van der Waals surface area contributed by atoms with Gasteiger partial charge in [-0.1, -0.05) is 32.9 Å². The number of nitro groups is 1. The lowest BCUT2D eigenvalue weighted by atomic mass is 10.2. The predicted octanol–water partition coefficient (Wildman–Crippen LogP) is 5.53. The van der Waals surface area contributed by atoms with Crippen molar-refractivity contribution in [3.63, 3.8) is 0 Å². The molecular formula is C17H25NO3Si. The van der Waals surface area contributed by atoms with Crippen LogP contribution in [0.3, 0.4) is 0 Å². The van der Waals surface area contributed by atoms with E-state index < -0.39 is 13.2 Å². The molecule has 0 bridgehead atoms. The highest BCUT2D eigenvalue weighted by molar-refractivity contribution is 6.74. The predicted molar refractivity (Wildman–Crippen MR) is 94.2 cm³/mol.